The molecule has 1 saturated heterocycles. The quantitative estimate of drug-likeness (QED) is 0.358. The molecule has 0 bridgehead atoms. The van der Waals surface area contributed by atoms with E-state index >= 15 is 0 Å². The number of methoxy groups -OCH3 is 2. The fourth-order valence-corrected chi connectivity index (χ4v) is 4.15. The molecule has 3 aromatic rings. The molecule has 1 atom stereocenters. The lowest BCUT2D eigenvalue weighted by atomic mass is 9.95. The zero-order valence-electron chi connectivity index (χ0n) is 18.8. The standard InChI is InChI=1S/C26H24N2O5/c1-15-7-9-19(16(2)12-15)28-23(18-6-5-11-27-14-18)22(25(30)26(28)31)24(29)17-8-10-20(32-3)21(13-17)33-4/h5-14,23,29H,1-4H3/b24-22+. The molecule has 0 saturated carbocycles. The summed E-state index contributed by atoms with van der Waals surface area (Å²) in [6.07, 6.45) is 3.20. The molecule has 0 radical (unpaired) electrons. The molecule has 1 aliphatic rings. The Balaban J connectivity index is 1.95. The average Bonchev–Trinajstić information content (AvgIpc) is 3.09. The third kappa shape index (κ3) is 3.82. The number of benzene rings is 2. The molecule has 0 spiro atoms. The SMILES string of the molecule is COc1ccc(/C(O)=C2\C(=O)C(=O)N(c3ccc(C)cc3C)C2c2cccnc2)cc1OC. The van der Waals surface area contributed by atoms with Crippen LogP contribution in [0.4, 0.5) is 5.69 Å². The molecular formula is C26H24N2O5. The molecule has 168 valence electrons. The van der Waals surface area contributed by atoms with E-state index in [1.54, 1.807) is 42.7 Å². The Bertz CT molecular complexity index is 1270. The fourth-order valence-electron chi connectivity index (χ4n) is 4.15. The molecule has 7 heteroatoms. The number of carbonyl (C=O) groups excluding carboxylic acids is 2. The Hall–Kier alpha value is -4.13. The molecule has 0 aliphatic carbocycles. The smallest absolute Gasteiger partial charge is 0.300 e. The Kier molecular flexibility index (Phi) is 5.87. The number of hydrogen-bond acceptors (Lipinski definition) is 6. The number of amides is 1. The van der Waals surface area contributed by atoms with Crippen LogP contribution in [-0.4, -0.2) is 36.0 Å². The minimum atomic E-state index is -0.840. The van der Waals surface area contributed by atoms with Crippen LogP contribution in [-0.2, 0) is 9.59 Å². The van der Waals surface area contributed by atoms with Gasteiger partial charge in [0.15, 0.2) is 11.5 Å². The minimum absolute atomic E-state index is 0.0137. The summed E-state index contributed by atoms with van der Waals surface area (Å²) in [6, 6.07) is 13.1. The number of ether oxygens (including phenoxy) is 2. The Labute approximate surface area is 191 Å². The number of ketones is 1. The molecule has 4 rings (SSSR count). The van der Waals surface area contributed by atoms with E-state index in [1.807, 2.05) is 32.0 Å². The van der Waals surface area contributed by atoms with Crippen molar-refractivity contribution in [1.82, 2.24) is 4.98 Å². The second-order valence-corrected chi connectivity index (χ2v) is 7.82. The number of aliphatic hydroxyl groups excluding tert-OH is 1. The highest BCUT2D eigenvalue weighted by Crippen LogP contribution is 2.43. The second kappa shape index (κ2) is 8.78. The maximum absolute atomic E-state index is 13.3. The Morgan fingerprint density at radius 1 is 1.00 bits per heavy atom. The number of aryl methyl sites for hydroxylation is 2. The van der Waals surface area contributed by atoms with Crippen LogP contribution in [0.15, 0.2) is 66.5 Å². The number of aromatic nitrogens is 1. The molecular weight excluding hydrogens is 420 g/mol. The molecule has 1 unspecified atom stereocenters. The number of aliphatic hydroxyl groups is 1. The highest BCUT2D eigenvalue weighted by atomic mass is 16.5. The Morgan fingerprint density at radius 3 is 2.39 bits per heavy atom. The third-order valence-corrected chi connectivity index (χ3v) is 5.71. The van der Waals surface area contributed by atoms with Gasteiger partial charge in [-0.3, -0.25) is 19.5 Å². The summed E-state index contributed by atoms with van der Waals surface area (Å²) >= 11 is 0. The third-order valence-electron chi connectivity index (χ3n) is 5.71. The van der Waals surface area contributed by atoms with Gasteiger partial charge >= 0.3 is 0 Å². The first-order valence-electron chi connectivity index (χ1n) is 10.4. The number of pyridine rings is 1. The predicted molar refractivity (Wildman–Crippen MR) is 124 cm³/mol. The van der Waals surface area contributed by atoms with Gasteiger partial charge in [0, 0.05) is 23.6 Å². The highest BCUT2D eigenvalue weighted by molar-refractivity contribution is 6.51. The summed E-state index contributed by atoms with van der Waals surface area (Å²) in [6.45, 7) is 3.84. The number of Topliss-reactive ketones (excluding diaryl/α,β-unsaturated/α-hetero) is 1. The zero-order chi connectivity index (χ0) is 23.7. The largest absolute Gasteiger partial charge is 0.507 e. The van der Waals surface area contributed by atoms with Crippen molar-refractivity contribution in [2.24, 2.45) is 0 Å². The lowest BCUT2D eigenvalue weighted by Crippen LogP contribution is -2.30. The molecule has 33 heavy (non-hydrogen) atoms. The highest BCUT2D eigenvalue weighted by Gasteiger charge is 2.47. The van der Waals surface area contributed by atoms with E-state index in [2.05, 4.69) is 4.98 Å². The van der Waals surface area contributed by atoms with Gasteiger partial charge in [0.05, 0.1) is 25.8 Å². The molecule has 2 aromatic carbocycles. The summed E-state index contributed by atoms with van der Waals surface area (Å²) in [5.74, 6) is -0.902. The average molecular weight is 444 g/mol. The van der Waals surface area contributed by atoms with Crippen LogP contribution in [0.2, 0.25) is 0 Å². The second-order valence-electron chi connectivity index (χ2n) is 7.82. The maximum atomic E-state index is 13.3. The first-order valence-corrected chi connectivity index (χ1v) is 10.4. The van der Waals surface area contributed by atoms with Crippen molar-refractivity contribution in [2.45, 2.75) is 19.9 Å². The first kappa shape index (κ1) is 22.1. The van der Waals surface area contributed by atoms with E-state index in [4.69, 9.17) is 9.47 Å². The summed E-state index contributed by atoms with van der Waals surface area (Å²) in [5.41, 5.74) is 3.41. The number of nitrogens with zero attached hydrogens (tertiary/aromatic N) is 2. The van der Waals surface area contributed by atoms with Crippen LogP contribution < -0.4 is 14.4 Å². The lowest BCUT2D eigenvalue weighted by Gasteiger charge is -2.26. The maximum Gasteiger partial charge on any atom is 0.300 e. The Morgan fingerprint density at radius 2 is 1.76 bits per heavy atom. The normalized spacial score (nSPS) is 17.3. The van der Waals surface area contributed by atoms with Gasteiger partial charge in [0.25, 0.3) is 11.7 Å². The van der Waals surface area contributed by atoms with Gasteiger partial charge in [-0.05, 0) is 55.3 Å². The van der Waals surface area contributed by atoms with Gasteiger partial charge < -0.3 is 14.6 Å². The number of carbonyl (C=O) groups is 2. The van der Waals surface area contributed by atoms with Crippen LogP contribution in [0.25, 0.3) is 5.76 Å². The summed E-state index contributed by atoms with van der Waals surface area (Å²) in [7, 11) is 2.99. The molecule has 2 heterocycles. The van der Waals surface area contributed by atoms with Crippen LogP contribution in [0, 0.1) is 13.8 Å². The predicted octanol–water partition coefficient (Wildman–Crippen LogP) is 4.34. The molecule has 1 aromatic heterocycles. The van der Waals surface area contributed by atoms with E-state index in [0.29, 0.717) is 28.3 Å². The first-order chi connectivity index (χ1) is 15.9. The summed E-state index contributed by atoms with van der Waals surface area (Å²) in [4.78, 5) is 32.1. The van der Waals surface area contributed by atoms with E-state index in [1.165, 1.54) is 19.1 Å². The van der Waals surface area contributed by atoms with Crippen LogP contribution in [0.1, 0.15) is 28.3 Å². The summed E-state index contributed by atoms with van der Waals surface area (Å²) < 4.78 is 10.6. The van der Waals surface area contributed by atoms with Crippen molar-refractivity contribution >= 4 is 23.1 Å². The number of anilines is 1. The number of hydrogen-bond donors (Lipinski definition) is 1. The molecule has 7 nitrogen and oxygen atoms in total. The van der Waals surface area contributed by atoms with Crippen molar-refractivity contribution < 1.29 is 24.2 Å². The van der Waals surface area contributed by atoms with Crippen LogP contribution in [0.5, 0.6) is 11.5 Å². The van der Waals surface area contributed by atoms with Gasteiger partial charge in [-0.2, -0.15) is 0 Å². The van der Waals surface area contributed by atoms with Crippen molar-refractivity contribution in [3.63, 3.8) is 0 Å². The topological polar surface area (TPSA) is 89.0 Å². The van der Waals surface area contributed by atoms with Crippen molar-refractivity contribution in [3.05, 3.63) is 88.8 Å². The zero-order valence-corrected chi connectivity index (χ0v) is 18.8. The molecule has 1 fully saturated rings. The summed E-state index contributed by atoms with van der Waals surface area (Å²) in [5, 5.41) is 11.3. The van der Waals surface area contributed by atoms with E-state index < -0.39 is 17.7 Å². The van der Waals surface area contributed by atoms with Gasteiger partial charge in [0.2, 0.25) is 0 Å². The minimum Gasteiger partial charge on any atom is -0.507 e. The van der Waals surface area contributed by atoms with E-state index in [9.17, 15) is 14.7 Å². The van der Waals surface area contributed by atoms with E-state index in [0.717, 1.165) is 11.1 Å². The monoisotopic (exact) mass is 444 g/mol. The van der Waals surface area contributed by atoms with Gasteiger partial charge in [0.1, 0.15) is 5.76 Å². The molecule has 1 N–H and O–H groups in total. The molecule has 1 amide bonds. The van der Waals surface area contributed by atoms with Gasteiger partial charge in [-0.1, -0.05) is 23.8 Å². The number of rotatable bonds is 5. The van der Waals surface area contributed by atoms with Gasteiger partial charge in [-0.15, -0.1) is 0 Å². The van der Waals surface area contributed by atoms with Crippen LogP contribution in [0.3, 0.4) is 0 Å². The fraction of sp³-hybridized carbons (Fsp3) is 0.192. The van der Waals surface area contributed by atoms with Gasteiger partial charge in [-0.25, -0.2) is 0 Å². The van der Waals surface area contributed by atoms with Crippen LogP contribution >= 0.6 is 0 Å². The molecule has 1 aliphatic heterocycles. The lowest BCUT2D eigenvalue weighted by molar-refractivity contribution is -0.132. The van der Waals surface area contributed by atoms with Crippen molar-refractivity contribution in [3.8, 4) is 11.5 Å². The van der Waals surface area contributed by atoms with Crippen molar-refractivity contribution in [1.29, 1.82) is 0 Å². The van der Waals surface area contributed by atoms with Crippen molar-refractivity contribution in [2.75, 3.05) is 19.1 Å². The van der Waals surface area contributed by atoms with E-state index in [-0.39, 0.29) is 11.3 Å².